The SMILES string of the molecule is Cc1cc(O)cc(O)c1C=NNC(=O)C1COc2ccc(C(C)(C)C)cc2O1. The summed E-state index contributed by atoms with van der Waals surface area (Å²) in [6.45, 7) is 8.07. The van der Waals surface area contributed by atoms with E-state index in [9.17, 15) is 15.0 Å². The van der Waals surface area contributed by atoms with E-state index in [-0.39, 0.29) is 23.5 Å². The number of nitrogens with zero attached hydrogens (tertiary/aromatic N) is 1. The monoisotopic (exact) mass is 384 g/mol. The average Bonchev–Trinajstić information content (AvgIpc) is 2.62. The molecule has 28 heavy (non-hydrogen) atoms. The Bertz CT molecular complexity index is 908. The maximum Gasteiger partial charge on any atom is 0.284 e. The lowest BCUT2D eigenvalue weighted by Gasteiger charge is -2.27. The van der Waals surface area contributed by atoms with E-state index in [1.165, 1.54) is 18.3 Å². The van der Waals surface area contributed by atoms with E-state index in [0.29, 0.717) is 22.6 Å². The van der Waals surface area contributed by atoms with Crippen LogP contribution in [0.5, 0.6) is 23.0 Å². The summed E-state index contributed by atoms with van der Waals surface area (Å²) >= 11 is 0. The first-order valence-corrected chi connectivity index (χ1v) is 8.94. The van der Waals surface area contributed by atoms with Gasteiger partial charge in [-0.3, -0.25) is 4.79 Å². The molecule has 0 saturated heterocycles. The summed E-state index contributed by atoms with van der Waals surface area (Å²) in [7, 11) is 0. The van der Waals surface area contributed by atoms with Crippen LogP contribution in [0.15, 0.2) is 35.4 Å². The van der Waals surface area contributed by atoms with Gasteiger partial charge in [0.25, 0.3) is 5.91 Å². The Morgan fingerprint density at radius 1 is 1.21 bits per heavy atom. The molecule has 1 unspecified atom stereocenters. The first-order valence-electron chi connectivity index (χ1n) is 8.94. The molecule has 1 aliphatic rings. The van der Waals surface area contributed by atoms with Crippen molar-refractivity contribution in [3.63, 3.8) is 0 Å². The van der Waals surface area contributed by atoms with Crippen molar-refractivity contribution in [3.05, 3.63) is 47.0 Å². The maximum absolute atomic E-state index is 12.4. The zero-order valence-corrected chi connectivity index (χ0v) is 16.3. The summed E-state index contributed by atoms with van der Waals surface area (Å²) in [5.74, 6) is 0.493. The predicted octanol–water partition coefficient (Wildman–Crippen LogP) is 2.99. The molecule has 0 spiro atoms. The summed E-state index contributed by atoms with van der Waals surface area (Å²) in [5, 5.41) is 23.2. The van der Waals surface area contributed by atoms with Crippen LogP contribution < -0.4 is 14.9 Å². The van der Waals surface area contributed by atoms with Gasteiger partial charge in [-0.25, -0.2) is 5.43 Å². The van der Waals surface area contributed by atoms with Gasteiger partial charge < -0.3 is 19.7 Å². The quantitative estimate of drug-likeness (QED) is 0.558. The highest BCUT2D eigenvalue weighted by molar-refractivity contribution is 5.88. The Labute approximate surface area is 163 Å². The van der Waals surface area contributed by atoms with Crippen LogP contribution >= 0.6 is 0 Å². The number of fused-ring (bicyclic) bond motifs is 1. The highest BCUT2D eigenvalue weighted by Gasteiger charge is 2.28. The highest BCUT2D eigenvalue weighted by atomic mass is 16.6. The van der Waals surface area contributed by atoms with Gasteiger partial charge in [-0.2, -0.15) is 5.10 Å². The number of phenolic OH excluding ortho intramolecular Hbond substituents is 2. The molecule has 2 aromatic carbocycles. The van der Waals surface area contributed by atoms with Crippen LogP contribution in [0, 0.1) is 6.92 Å². The number of hydrogen-bond acceptors (Lipinski definition) is 6. The fourth-order valence-electron chi connectivity index (χ4n) is 2.83. The van der Waals surface area contributed by atoms with Crippen LogP contribution in [0.25, 0.3) is 0 Å². The molecule has 0 radical (unpaired) electrons. The van der Waals surface area contributed by atoms with Gasteiger partial charge in [-0.1, -0.05) is 26.8 Å². The smallest absolute Gasteiger partial charge is 0.284 e. The van der Waals surface area contributed by atoms with Gasteiger partial charge in [0, 0.05) is 11.6 Å². The van der Waals surface area contributed by atoms with Gasteiger partial charge in [0.15, 0.2) is 11.5 Å². The number of phenols is 2. The number of carbonyl (C=O) groups excluding carboxylic acids is 1. The molecule has 1 atom stereocenters. The van der Waals surface area contributed by atoms with Gasteiger partial charge in [0.1, 0.15) is 18.1 Å². The molecule has 0 bridgehead atoms. The molecule has 3 N–H and O–H groups in total. The minimum Gasteiger partial charge on any atom is -0.508 e. The van der Waals surface area contributed by atoms with Gasteiger partial charge in [-0.05, 0) is 41.7 Å². The Balaban J connectivity index is 1.68. The fourth-order valence-corrected chi connectivity index (χ4v) is 2.83. The fraction of sp³-hybridized carbons (Fsp3) is 0.333. The molecular formula is C21H24N2O5. The highest BCUT2D eigenvalue weighted by Crippen LogP contribution is 2.36. The third-order valence-corrected chi connectivity index (χ3v) is 4.48. The minimum absolute atomic E-state index is 0.0442. The number of hydrazone groups is 1. The molecule has 0 saturated carbocycles. The Morgan fingerprint density at radius 3 is 2.64 bits per heavy atom. The molecule has 7 heteroatoms. The summed E-state index contributed by atoms with van der Waals surface area (Å²) < 4.78 is 11.4. The lowest BCUT2D eigenvalue weighted by atomic mass is 9.87. The summed E-state index contributed by atoms with van der Waals surface area (Å²) in [6.07, 6.45) is 0.478. The number of carbonyl (C=O) groups is 1. The number of amides is 1. The summed E-state index contributed by atoms with van der Waals surface area (Å²) in [5.41, 5.74) is 4.44. The van der Waals surface area contributed by atoms with Gasteiger partial charge in [0.2, 0.25) is 6.10 Å². The topological polar surface area (TPSA) is 100 Å². The number of rotatable bonds is 3. The van der Waals surface area contributed by atoms with E-state index >= 15 is 0 Å². The standard InChI is InChI=1S/C21H24N2O5/c1-12-7-14(24)9-16(25)15(12)10-22-23-20(26)19-11-27-17-6-5-13(21(2,3)4)8-18(17)28-19/h5-10,19,24-25H,11H2,1-4H3,(H,23,26). The molecule has 0 fully saturated rings. The number of benzene rings is 2. The van der Waals surface area contributed by atoms with Crippen molar-refractivity contribution in [3.8, 4) is 23.0 Å². The van der Waals surface area contributed by atoms with Crippen molar-refractivity contribution in [1.82, 2.24) is 5.43 Å². The molecule has 1 amide bonds. The van der Waals surface area contributed by atoms with E-state index in [0.717, 1.165) is 5.56 Å². The van der Waals surface area contributed by atoms with Gasteiger partial charge in [-0.15, -0.1) is 0 Å². The number of aryl methyl sites for hydroxylation is 1. The molecule has 1 aliphatic heterocycles. The zero-order valence-electron chi connectivity index (χ0n) is 16.3. The van der Waals surface area contributed by atoms with Crippen molar-refractivity contribution in [2.75, 3.05) is 6.61 Å². The van der Waals surface area contributed by atoms with Crippen LogP contribution in [-0.4, -0.2) is 35.0 Å². The number of aromatic hydroxyl groups is 2. The van der Waals surface area contributed by atoms with E-state index in [2.05, 4.69) is 31.3 Å². The first kappa shape index (κ1) is 19.5. The van der Waals surface area contributed by atoms with Gasteiger partial charge >= 0.3 is 0 Å². The second kappa shape index (κ2) is 7.42. The molecule has 3 rings (SSSR count). The molecule has 2 aromatic rings. The number of ether oxygens (including phenoxy) is 2. The second-order valence-corrected chi connectivity index (χ2v) is 7.76. The average molecular weight is 384 g/mol. The largest absolute Gasteiger partial charge is 0.508 e. The van der Waals surface area contributed by atoms with Gasteiger partial charge in [0.05, 0.1) is 6.21 Å². The molecule has 148 valence electrons. The van der Waals surface area contributed by atoms with Crippen molar-refractivity contribution in [2.24, 2.45) is 5.10 Å². The van der Waals surface area contributed by atoms with E-state index in [1.54, 1.807) is 6.92 Å². The minimum atomic E-state index is -0.839. The Morgan fingerprint density at radius 2 is 1.96 bits per heavy atom. The number of nitrogens with one attached hydrogen (secondary N) is 1. The van der Waals surface area contributed by atoms with E-state index in [4.69, 9.17) is 9.47 Å². The molecule has 7 nitrogen and oxygen atoms in total. The van der Waals surface area contributed by atoms with Crippen molar-refractivity contribution in [2.45, 2.75) is 39.2 Å². The van der Waals surface area contributed by atoms with Crippen LogP contribution in [-0.2, 0) is 10.2 Å². The zero-order chi connectivity index (χ0) is 20.5. The molecular weight excluding hydrogens is 360 g/mol. The first-order chi connectivity index (χ1) is 13.1. The molecule has 0 aliphatic carbocycles. The lowest BCUT2D eigenvalue weighted by Crippen LogP contribution is -2.42. The summed E-state index contributed by atoms with van der Waals surface area (Å²) in [6, 6.07) is 8.41. The molecule has 0 aromatic heterocycles. The number of hydrogen-bond donors (Lipinski definition) is 3. The van der Waals surface area contributed by atoms with Crippen molar-refractivity contribution in [1.29, 1.82) is 0 Å². The van der Waals surface area contributed by atoms with Crippen LogP contribution in [0.1, 0.15) is 37.5 Å². The Kier molecular flexibility index (Phi) is 5.18. The second-order valence-electron chi connectivity index (χ2n) is 7.76. The Hall–Kier alpha value is -3.22. The molecule has 1 heterocycles. The van der Waals surface area contributed by atoms with Crippen molar-refractivity contribution >= 4 is 12.1 Å². The third-order valence-electron chi connectivity index (χ3n) is 4.48. The van der Waals surface area contributed by atoms with Crippen molar-refractivity contribution < 1.29 is 24.5 Å². The van der Waals surface area contributed by atoms with Crippen LogP contribution in [0.4, 0.5) is 0 Å². The maximum atomic E-state index is 12.4. The normalized spacial score (nSPS) is 16.2. The third kappa shape index (κ3) is 4.19. The van der Waals surface area contributed by atoms with E-state index in [1.807, 2.05) is 18.2 Å². The lowest BCUT2D eigenvalue weighted by molar-refractivity contribution is -0.130. The van der Waals surface area contributed by atoms with E-state index < -0.39 is 12.0 Å². The predicted molar refractivity (Wildman–Crippen MR) is 105 cm³/mol. The van der Waals surface area contributed by atoms with Crippen LogP contribution in [0.2, 0.25) is 0 Å². The van der Waals surface area contributed by atoms with Crippen LogP contribution in [0.3, 0.4) is 0 Å². The summed E-state index contributed by atoms with van der Waals surface area (Å²) in [4.78, 5) is 12.4.